The molecule has 0 aliphatic heterocycles. The van der Waals surface area contributed by atoms with Crippen LogP contribution < -0.4 is 0 Å². The predicted molar refractivity (Wildman–Crippen MR) is 89.7 cm³/mol. The van der Waals surface area contributed by atoms with Gasteiger partial charge in [-0.3, -0.25) is 0 Å². The van der Waals surface area contributed by atoms with Crippen molar-refractivity contribution in [3.63, 3.8) is 0 Å². The Labute approximate surface area is 135 Å². The average Bonchev–Trinajstić information content (AvgIpc) is 2.79. The molecule has 1 unspecified atom stereocenters. The molecule has 0 bridgehead atoms. The lowest BCUT2D eigenvalue weighted by molar-refractivity contribution is 0.196. The summed E-state index contributed by atoms with van der Waals surface area (Å²) in [7, 11) is 0. The number of nitrogens with one attached hydrogen (secondary N) is 1. The van der Waals surface area contributed by atoms with Crippen molar-refractivity contribution >= 4 is 38.7 Å². The molecule has 2 aromatic carbocycles. The zero-order valence-corrected chi connectivity index (χ0v) is 14.1. The zero-order valence-electron chi connectivity index (χ0n) is 11.7. The molecular weight excluding hydrogens is 348 g/mol. The lowest BCUT2D eigenvalue weighted by Gasteiger charge is -2.10. The van der Waals surface area contributed by atoms with Gasteiger partial charge in [0.15, 0.2) is 5.16 Å². The van der Waals surface area contributed by atoms with Gasteiger partial charge in [0.25, 0.3) is 0 Å². The molecule has 0 saturated carbocycles. The van der Waals surface area contributed by atoms with E-state index in [1.54, 1.807) is 6.92 Å². The lowest BCUT2D eigenvalue weighted by atomic mass is 10.1. The molecule has 108 valence electrons. The van der Waals surface area contributed by atoms with Crippen molar-refractivity contribution in [2.45, 2.75) is 30.0 Å². The van der Waals surface area contributed by atoms with Crippen LogP contribution in [0.25, 0.3) is 11.0 Å². The fraction of sp³-hybridized carbons (Fsp3) is 0.188. The second kappa shape index (κ2) is 5.83. The van der Waals surface area contributed by atoms with Gasteiger partial charge in [-0.05, 0) is 49.2 Å². The number of aromatic nitrogens is 2. The molecule has 3 rings (SSSR count). The molecule has 0 spiro atoms. The summed E-state index contributed by atoms with van der Waals surface area (Å²) in [5.74, 6) is 0. The predicted octanol–water partition coefficient (Wildman–Crippen LogP) is 4.84. The third kappa shape index (κ3) is 3.15. The molecule has 0 fully saturated rings. The molecule has 21 heavy (non-hydrogen) atoms. The minimum absolute atomic E-state index is 0.507. The van der Waals surface area contributed by atoms with Crippen molar-refractivity contribution in [2.24, 2.45) is 0 Å². The number of imidazole rings is 1. The van der Waals surface area contributed by atoms with Crippen molar-refractivity contribution in [3.05, 3.63) is 52.0 Å². The number of aromatic amines is 1. The topological polar surface area (TPSA) is 48.9 Å². The van der Waals surface area contributed by atoms with Crippen molar-refractivity contribution in [1.29, 1.82) is 0 Å². The smallest absolute Gasteiger partial charge is 0.171 e. The summed E-state index contributed by atoms with van der Waals surface area (Å²) in [5.41, 5.74) is 4.09. The van der Waals surface area contributed by atoms with Gasteiger partial charge in [0.1, 0.15) is 0 Å². The van der Waals surface area contributed by atoms with Crippen molar-refractivity contribution in [1.82, 2.24) is 9.97 Å². The molecule has 3 aromatic rings. The van der Waals surface area contributed by atoms with E-state index in [4.69, 9.17) is 0 Å². The minimum Gasteiger partial charge on any atom is -0.389 e. The number of rotatable bonds is 3. The first-order valence-electron chi connectivity index (χ1n) is 6.64. The molecule has 1 heterocycles. The van der Waals surface area contributed by atoms with Gasteiger partial charge in [-0.2, -0.15) is 0 Å². The maximum absolute atomic E-state index is 9.89. The SMILES string of the molecule is Cc1ccc2nc(Sc3cc(Br)ccc3C(C)O)[nH]c2c1. The number of fused-ring (bicyclic) bond motifs is 1. The number of aryl methyl sites for hydroxylation is 1. The quantitative estimate of drug-likeness (QED) is 0.700. The Bertz CT molecular complexity index is 798. The standard InChI is InChI=1S/C16H15BrN2OS/c1-9-3-6-13-14(7-9)19-16(18-13)21-15-8-11(17)4-5-12(15)10(2)20/h3-8,10,20H,1-2H3,(H,18,19). The van der Waals surface area contributed by atoms with Gasteiger partial charge >= 0.3 is 0 Å². The van der Waals surface area contributed by atoms with E-state index >= 15 is 0 Å². The van der Waals surface area contributed by atoms with Gasteiger partial charge in [-0.25, -0.2) is 4.98 Å². The van der Waals surface area contributed by atoms with Crippen molar-refractivity contribution in [3.8, 4) is 0 Å². The highest BCUT2D eigenvalue weighted by atomic mass is 79.9. The highest BCUT2D eigenvalue weighted by Gasteiger charge is 2.12. The number of hydrogen-bond donors (Lipinski definition) is 2. The van der Waals surface area contributed by atoms with Gasteiger partial charge in [-0.1, -0.05) is 39.8 Å². The van der Waals surface area contributed by atoms with Crippen LogP contribution in [0.15, 0.2) is 50.9 Å². The van der Waals surface area contributed by atoms with Crippen LogP contribution in [0.5, 0.6) is 0 Å². The van der Waals surface area contributed by atoms with Crippen LogP contribution in [-0.2, 0) is 0 Å². The fourth-order valence-corrected chi connectivity index (χ4v) is 3.76. The second-order valence-electron chi connectivity index (χ2n) is 5.02. The normalized spacial score (nSPS) is 12.8. The summed E-state index contributed by atoms with van der Waals surface area (Å²) in [6.07, 6.45) is -0.507. The molecule has 0 radical (unpaired) electrons. The fourth-order valence-electron chi connectivity index (χ4n) is 2.19. The summed E-state index contributed by atoms with van der Waals surface area (Å²) in [4.78, 5) is 8.91. The molecule has 3 nitrogen and oxygen atoms in total. The number of nitrogens with zero attached hydrogens (tertiary/aromatic N) is 1. The van der Waals surface area contributed by atoms with Gasteiger partial charge in [0, 0.05) is 9.37 Å². The van der Waals surface area contributed by atoms with E-state index in [-0.39, 0.29) is 0 Å². The Kier molecular flexibility index (Phi) is 4.06. The Hall–Kier alpha value is -1.30. The third-order valence-electron chi connectivity index (χ3n) is 3.25. The van der Waals surface area contributed by atoms with E-state index < -0.39 is 6.10 Å². The first-order chi connectivity index (χ1) is 10.0. The first kappa shape index (κ1) is 14.6. The minimum atomic E-state index is -0.507. The van der Waals surface area contributed by atoms with Gasteiger partial charge in [-0.15, -0.1) is 0 Å². The van der Waals surface area contributed by atoms with Gasteiger partial charge in [0.05, 0.1) is 17.1 Å². The van der Waals surface area contributed by atoms with Crippen LogP contribution in [0.3, 0.4) is 0 Å². The van der Waals surface area contributed by atoms with E-state index in [1.165, 1.54) is 17.3 Å². The first-order valence-corrected chi connectivity index (χ1v) is 8.25. The number of halogens is 1. The number of H-pyrrole nitrogens is 1. The van der Waals surface area contributed by atoms with Crippen molar-refractivity contribution in [2.75, 3.05) is 0 Å². The summed E-state index contributed by atoms with van der Waals surface area (Å²) in [6, 6.07) is 12.0. The Morgan fingerprint density at radius 3 is 2.81 bits per heavy atom. The Balaban J connectivity index is 2.00. The molecule has 1 atom stereocenters. The highest BCUT2D eigenvalue weighted by Crippen LogP contribution is 2.34. The summed E-state index contributed by atoms with van der Waals surface area (Å²) >= 11 is 5.01. The van der Waals surface area contributed by atoms with E-state index in [2.05, 4.69) is 45.0 Å². The van der Waals surface area contributed by atoms with E-state index in [1.807, 2.05) is 24.3 Å². The average molecular weight is 363 g/mol. The molecular formula is C16H15BrN2OS. The third-order valence-corrected chi connectivity index (χ3v) is 4.70. The van der Waals surface area contributed by atoms with E-state index in [9.17, 15) is 5.11 Å². The van der Waals surface area contributed by atoms with Crippen LogP contribution >= 0.6 is 27.7 Å². The van der Waals surface area contributed by atoms with Gasteiger partial charge < -0.3 is 10.1 Å². The van der Waals surface area contributed by atoms with E-state index in [0.717, 1.165) is 31.1 Å². The van der Waals surface area contributed by atoms with Crippen LogP contribution in [0, 0.1) is 6.92 Å². The number of aliphatic hydroxyl groups excluding tert-OH is 1. The molecule has 0 aliphatic rings. The number of hydrogen-bond acceptors (Lipinski definition) is 3. The zero-order chi connectivity index (χ0) is 15.0. The molecule has 2 N–H and O–H groups in total. The van der Waals surface area contributed by atoms with Gasteiger partial charge in [0.2, 0.25) is 0 Å². The number of benzene rings is 2. The molecule has 5 heteroatoms. The maximum atomic E-state index is 9.89. The number of aliphatic hydroxyl groups is 1. The Morgan fingerprint density at radius 2 is 2.05 bits per heavy atom. The van der Waals surface area contributed by atoms with Crippen LogP contribution in [0.2, 0.25) is 0 Å². The maximum Gasteiger partial charge on any atom is 0.171 e. The second-order valence-corrected chi connectivity index (χ2v) is 6.97. The van der Waals surface area contributed by atoms with Crippen LogP contribution in [0.1, 0.15) is 24.2 Å². The van der Waals surface area contributed by atoms with Crippen molar-refractivity contribution < 1.29 is 5.11 Å². The van der Waals surface area contributed by atoms with E-state index in [0.29, 0.717) is 0 Å². The Morgan fingerprint density at radius 1 is 1.24 bits per heavy atom. The van der Waals surface area contributed by atoms with Crippen LogP contribution in [-0.4, -0.2) is 15.1 Å². The molecule has 0 amide bonds. The highest BCUT2D eigenvalue weighted by molar-refractivity contribution is 9.10. The lowest BCUT2D eigenvalue weighted by Crippen LogP contribution is -1.94. The molecule has 0 saturated heterocycles. The summed E-state index contributed by atoms with van der Waals surface area (Å²) in [6.45, 7) is 3.84. The largest absolute Gasteiger partial charge is 0.389 e. The summed E-state index contributed by atoms with van der Waals surface area (Å²) < 4.78 is 0.987. The summed E-state index contributed by atoms with van der Waals surface area (Å²) in [5, 5.41) is 10.7. The molecule has 0 aliphatic carbocycles. The monoisotopic (exact) mass is 362 g/mol. The van der Waals surface area contributed by atoms with Crippen LogP contribution in [0.4, 0.5) is 0 Å². The molecule has 1 aromatic heterocycles.